The van der Waals surface area contributed by atoms with Crippen LogP contribution in [-0.2, 0) is 7.05 Å². The number of thiophene rings is 1. The van der Waals surface area contributed by atoms with Crippen LogP contribution in [0.5, 0.6) is 0 Å². The van der Waals surface area contributed by atoms with Gasteiger partial charge >= 0.3 is 0 Å². The van der Waals surface area contributed by atoms with Crippen molar-refractivity contribution in [1.29, 1.82) is 0 Å². The number of aromatic nitrogens is 2. The maximum atomic E-state index is 10.2. The third-order valence-corrected chi connectivity index (χ3v) is 4.16. The average molecular weight is 287 g/mol. The Labute approximate surface area is 100 Å². The average Bonchev–Trinajstić information content (AvgIpc) is 2.71. The summed E-state index contributed by atoms with van der Waals surface area (Å²) in [5.74, 6) is 0. The minimum atomic E-state index is -0.590. The number of aryl methyl sites for hydroxylation is 2. The predicted molar refractivity (Wildman–Crippen MR) is 64.0 cm³/mol. The number of nitrogens with zero attached hydrogens (tertiary/aromatic N) is 2. The van der Waals surface area contributed by atoms with Crippen LogP contribution in [-0.4, -0.2) is 14.9 Å². The van der Waals surface area contributed by atoms with Gasteiger partial charge in [0.25, 0.3) is 0 Å². The van der Waals surface area contributed by atoms with E-state index in [2.05, 4.69) is 21.0 Å². The highest BCUT2D eigenvalue weighted by atomic mass is 79.9. The standard InChI is InChI=1S/C10H11BrN2OS/c1-6-7(5-13(2)12-6)9(14)10-8(11)3-4-15-10/h3-5,9,14H,1-2H3. The van der Waals surface area contributed by atoms with Crippen LogP contribution in [0.15, 0.2) is 22.1 Å². The Balaban J connectivity index is 2.40. The zero-order valence-corrected chi connectivity index (χ0v) is 10.8. The molecule has 2 aromatic heterocycles. The SMILES string of the molecule is Cc1nn(C)cc1C(O)c1sccc1Br. The molecular formula is C10H11BrN2OS. The zero-order chi connectivity index (χ0) is 11.0. The molecule has 0 aliphatic carbocycles. The van der Waals surface area contributed by atoms with Crippen molar-refractivity contribution >= 4 is 27.3 Å². The van der Waals surface area contributed by atoms with Gasteiger partial charge in [-0.3, -0.25) is 4.68 Å². The van der Waals surface area contributed by atoms with E-state index in [4.69, 9.17) is 0 Å². The van der Waals surface area contributed by atoms with Crippen LogP contribution in [0.4, 0.5) is 0 Å². The smallest absolute Gasteiger partial charge is 0.118 e. The Kier molecular flexibility index (Phi) is 2.95. The number of aliphatic hydroxyl groups excluding tert-OH is 1. The van der Waals surface area contributed by atoms with E-state index in [-0.39, 0.29) is 0 Å². The van der Waals surface area contributed by atoms with Crippen LogP contribution in [0.3, 0.4) is 0 Å². The summed E-state index contributed by atoms with van der Waals surface area (Å²) in [5, 5.41) is 16.4. The molecule has 0 saturated carbocycles. The van der Waals surface area contributed by atoms with E-state index in [1.54, 1.807) is 4.68 Å². The van der Waals surface area contributed by atoms with Gasteiger partial charge in [0.2, 0.25) is 0 Å². The van der Waals surface area contributed by atoms with Crippen molar-refractivity contribution in [2.45, 2.75) is 13.0 Å². The van der Waals surface area contributed by atoms with Crippen molar-refractivity contribution in [2.24, 2.45) is 7.05 Å². The van der Waals surface area contributed by atoms with Gasteiger partial charge < -0.3 is 5.11 Å². The first-order valence-corrected chi connectivity index (χ1v) is 6.18. The molecule has 3 nitrogen and oxygen atoms in total. The monoisotopic (exact) mass is 286 g/mol. The van der Waals surface area contributed by atoms with Crippen molar-refractivity contribution in [3.05, 3.63) is 38.3 Å². The Morgan fingerprint density at radius 3 is 2.80 bits per heavy atom. The lowest BCUT2D eigenvalue weighted by molar-refractivity contribution is 0.222. The number of aliphatic hydroxyl groups is 1. The maximum absolute atomic E-state index is 10.2. The number of halogens is 1. The summed E-state index contributed by atoms with van der Waals surface area (Å²) < 4.78 is 2.67. The second kappa shape index (κ2) is 4.08. The highest BCUT2D eigenvalue weighted by Crippen LogP contribution is 2.33. The van der Waals surface area contributed by atoms with Crippen LogP contribution in [0.2, 0.25) is 0 Å². The van der Waals surface area contributed by atoms with Crippen LogP contribution in [0, 0.1) is 6.92 Å². The third kappa shape index (κ3) is 2.00. The van der Waals surface area contributed by atoms with E-state index >= 15 is 0 Å². The molecule has 15 heavy (non-hydrogen) atoms. The second-order valence-corrected chi connectivity index (χ2v) is 5.18. The van der Waals surface area contributed by atoms with Gasteiger partial charge in [0.05, 0.1) is 10.6 Å². The van der Waals surface area contributed by atoms with Gasteiger partial charge in [0.1, 0.15) is 6.10 Å². The van der Waals surface area contributed by atoms with Crippen molar-refractivity contribution in [1.82, 2.24) is 9.78 Å². The fourth-order valence-corrected chi connectivity index (χ4v) is 3.12. The first-order chi connectivity index (χ1) is 7.09. The highest BCUT2D eigenvalue weighted by molar-refractivity contribution is 9.10. The molecule has 1 atom stereocenters. The maximum Gasteiger partial charge on any atom is 0.118 e. The molecule has 2 heterocycles. The lowest BCUT2D eigenvalue weighted by Crippen LogP contribution is -1.98. The minimum absolute atomic E-state index is 0.590. The van der Waals surface area contributed by atoms with Gasteiger partial charge in [-0.1, -0.05) is 0 Å². The molecule has 80 valence electrons. The normalized spacial score (nSPS) is 13.1. The summed E-state index contributed by atoms with van der Waals surface area (Å²) in [4.78, 5) is 0.922. The quantitative estimate of drug-likeness (QED) is 0.922. The lowest BCUT2D eigenvalue weighted by Gasteiger charge is -2.07. The molecule has 2 rings (SSSR count). The Morgan fingerprint density at radius 1 is 1.60 bits per heavy atom. The molecule has 0 radical (unpaired) electrons. The van der Waals surface area contributed by atoms with Gasteiger partial charge in [-0.05, 0) is 34.3 Å². The molecular weight excluding hydrogens is 276 g/mol. The minimum Gasteiger partial charge on any atom is -0.383 e. The summed E-state index contributed by atoms with van der Waals surface area (Å²) >= 11 is 4.96. The van der Waals surface area contributed by atoms with Crippen LogP contribution >= 0.6 is 27.3 Å². The van der Waals surface area contributed by atoms with Crippen LogP contribution in [0.1, 0.15) is 22.2 Å². The van der Waals surface area contributed by atoms with Gasteiger partial charge in [0, 0.05) is 23.3 Å². The van der Waals surface area contributed by atoms with Gasteiger partial charge in [-0.15, -0.1) is 11.3 Å². The fourth-order valence-electron chi connectivity index (χ4n) is 1.53. The summed E-state index contributed by atoms with van der Waals surface area (Å²) in [6, 6.07) is 1.94. The van der Waals surface area contributed by atoms with Gasteiger partial charge in [-0.2, -0.15) is 5.10 Å². The first-order valence-electron chi connectivity index (χ1n) is 4.50. The molecule has 0 bridgehead atoms. The number of hydrogen-bond acceptors (Lipinski definition) is 3. The topological polar surface area (TPSA) is 38.0 Å². The molecule has 0 amide bonds. The van der Waals surface area contributed by atoms with Crippen molar-refractivity contribution < 1.29 is 5.11 Å². The van der Waals surface area contributed by atoms with Crippen LogP contribution in [0.25, 0.3) is 0 Å². The molecule has 0 fully saturated rings. The largest absolute Gasteiger partial charge is 0.383 e. The second-order valence-electron chi connectivity index (χ2n) is 3.38. The van der Waals surface area contributed by atoms with E-state index < -0.39 is 6.10 Å². The number of rotatable bonds is 2. The van der Waals surface area contributed by atoms with Gasteiger partial charge in [0.15, 0.2) is 0 Å². The summed E-state index contributed by atoms with van der Waals surface area (Å²) in [6.07, 6.45) is 1.26. The predicted octanol–water partition coefficient (Wildman–Crippen LogP) is 2.63. The molecule has 0 aliphatic rings. The Bertz CT molecular complexity index is 477. The third-order valence-electron chi connectivity index (χ3n) is 2.24. The van der Waals surface area contributed by atoms with Crippen molar-refractivity contribution in [3.8, 4) is 0 Å². The number of hydrogen-bond donors (Lipinski definition) is 1. The molecule has 0 spiro atoms. The van der Waals surface area contributed by atoms with E-state index in [0.29, 0.717) is 0 Å². The summed E-state index contributed by atoms with van der Waals surface area (Å²) in [6.45, 7) is 1.90. The summed E-state index contributed by atoms with van der Waals surface area (Å²) in [7, 11) is 1.85. The highest BCUT2D eigenvalue weighted by Gasteiger charge is 2.18. The zero-order valence-electron chi connectivity index (χ0n) is 8.44. The molecule has 2 aromatic rings. The molecule has 0 aliphatic heterocycles. The van der Waals surface area contributed by atoms with Crippen molar-refractivity contribution in [3.63, 3.8) is 0 Å². The van der Waals surface area contributed by atoms with E-state index in [1.807, 2.05) is 31.6 Å². The molecule has 0 aromatic carbocycles. The fraction of sp³-hybridized carbons (Fsp3) is 0.300. The van der Waals surface area contributed by atoms with E-state index in [1.165, 1.54) is 11.3 Å². The molecule has 5 heteroatoms. The molecule has 0 saturated heterocycles. The van der Waals surface area contributed by atoms with Crippen LogP contribution < -0.4 is 0 Å². The molecule has 1 unspecified atom stereocenters. The lowest BCUT2D eigenvalue weighted by atomic mass is 10.1. The first kappa shape index (κ1) is 10.9. The van der Waals surface area contributed by atoms with E-state index in [9.17, 15) is 5.11 Å². The molecule has 1 N–H and O–H groups in total. The summed E-state index contributed by atoms with van der Waals surface area (Å²) in [5.41, 5.74) is 1.73. The Hall–Kier alpha value is -0.650. The Morgan fingerprint density at radius 2 is 2.33 bits per heavy atom. The van der Waals surface area contributed by atoms with Gasteiger partial charge in [-0.25, -0.2) is 0 Å². The van der Waals surface area contributed by atoms with Crippen molar-refractivity contribution in [2.75, 3.05) is 0 Å². The van der Waals surface area contributed by atoms with E-state index in [0.717, 1.165) is 20.6 Å².